The highest BCUT2D eigenvalue weighted by atomic mass is 35.6. The number of nitrogens with zero attached hydrogens (tertiary/aromatic N) is 1. The Hall–Kier alpha value is -0.970. The summed E-state index contributed by atoms with van der Waals surface area (Å²) >= 11 is 17.2. The quantitative estimate of drug-likeness (QED) is 0.450. The Morgan fingerprint density at radius 2 is 1.94 bits per heavy atom. The molecule has 1 aliphatic rings. The number of rotatable bonds is 1. The maximum Gasteiger partial charge on any atom is 0.294 e. The zero-order valence-electron chi connectivity index (χ0n) is 9.19. The molecule has 0 fully saturated rings. The van der Waals surface area contributed by atoms with Crippen molar-refractivity contribution in [1.29, 1.82) is 0 Å². The maximum atomic E-state index is 11.1. The second-order valence-corrected chi connectivity index (χ2v) is 6.17. The van der Waals surface area contributed by atoms with Crippen molar-refractivity contribution >= 4 is 40.4 Å². The third kappa shape index (κ3) is 2.28. The average Bonchev–Trinajstić information content (AvgIpc) is 2.27. The van der Waals surface area contributed by atoms with Gasteiger partial charge in [-0.3, -0.25) is 10.1 Å². The molecule has 1 heterocycles. The summed E-state index contributed by atoms with van der Waals surface area (Å²) in [5, 5.41) is 11.1. The molecule has 2 rings (SSSR count). The predicted octanol–water partition coefficient (Wildman–Crippen LogP) is 3.83. The van der Waals surface area contributed by atoms with Crippen LogP contribution in [0.5, 0.6) is 5.75 Å². The highest BCUT2D eigenvalue weighted by Gasteiger charge is 2.48. The van der Waals surface area contributed by atoms with Crippen molar-refractivity contribution in [3.63, 3.8) is 0 Å². The molecule has 1 aliphatic heterocycles. The Bertz CT molecular complexity index is 537. The van der Waals surface area contributed by atoms with E-state index in [0.717, 1.165) is 0 Å². The molecule has 0 radical (unpaired) electrons. The molecular weight excluding hydrogens is 300 g/mol. The molecule has 1 atom stereocenters. The fourth-order valence-electron chi connectivity index (χ4n) is 1.85. The number of fused-ring (bicyclic) bond motifs is 1. The summed E-state index contributed by atoms with van der Waals surface area (Å²) in [7, 11) is 0. The van der Waals surface area contributed by atoms with Crippen molar-refractivity contribution in [2.75, 3.05) is 0 Å². The minimum atomic E-state index is -1.91. The molecule has 0 bridgehead atoms. The molecule has 7 heteroatoms. The first kappa shape index (κ1) is 13.5. The third-order valence-corrected chi connectivity index (χ3v) is 3.26. The van der Waals surface area contributed by atoms with Gasteiger partial charge in [0.2, 0.25) is 9.90 Å². The normalized spacial score (nSPS) is 19.2. The number of nitro groups is 1. The number of allylic oxidation sites excluding steroid dienone is 1. The van der Waals surface area contributed by atoms with E-state index in [1.54, 1.807) is 31.2 Å². The second-order valence-electron chi connectivity index (χ2n) is 3.80. The van der Waals surface area contributed by atoms with Crippen LogP contribution in [0.25, 0.3) is 5.57 Å². The molecule has 0 aliphatic carbocycles. The highest BCUT2D eigenvalue weighted by Crippen LogP contribution is 2.44. The Kier molecular flexibility index (Phi) is 3.45. The van der Waals surface area contributed by atoms with E-state index in [1.807, 2.05) is 0 Å². The molecule has 96 valence electrons. The van der Waals surface area contributed by atoms with Crippen LogP contribution in [0.15, 0.2) is 30.0 Å². The average molecular weight is 309 g/mol. The Balaban J connectivity index is 2.64. The number of benzene rings is 1. The maximum absolute atomic E-state index is 11.1. The molecule has 0 spiro atoms. The summed E-state index contributed by atoms with van der Waals surface area (Å²) in [4.78, 5) is 10.6. The molecule has 4 nitrogen and oxygen atoms in total. The first-order valence-electron chi connectivity index (χ1n) is 5.00. The standard InChI is InChI=1S/C11H8Cl3NO3/c1-6-7-4-2-3-5-8(7)18-10(11(12,13)14)9(6)15(16)17/h2-5,10H,1H3. The molecule has 0 amide bonds. The van der Waals surface area contributed by atoms with E-state index in [1.165, 1.54) is 0 Å². The van der Waals surface area contributed by atoms with Gasteiger partial charge in [-0.1, -0.05) is 53.0 Å². The van der Waals surface area contributed by atoms with Gasteiger partial charge in [0.1, 0.15) is 5.75 Å². The van der Waals surface area contributed by atoms with Gasteiger partial charge in [0.05, 0.1) is 4.92 Å². The van der Waals surface area contributed by atoms with Crippen molar-refractivity contribution in [2.24, 2.45) is 0 Å². The fourth-order valence-corrected chi connectivity index (χ4v) is 2.29. The molecule has 1 aromatic rings. The summed E-state index contributed by atoms with van der Waals surface area (Å²) in [6.45, 7) is 1.61. The van der Waals surface area contributed by atoms with Crippen molar-refractivity contribution in [2.45, 2.75) is 16.8 Å². The highest BCUT2D eigenvalue weighted by molar-refractivity contribution is 6.68. The van der Waals surface area contributed by atoms with Gasteiger partial charge in [-0.15, -0.1) is 0 Å². The first-order valence-corrected chi connectivity index (χ1v) is 6.13. The zero-order valence-corrected chi connectivity index (χ0v) is 11.5. The van der Waals surface area contributed by atoms with Gasteiger partial charge in [0.25, 0.3) is 5.70 Å². The number of hydrogen-bond donors (Lipinski definition) is 0. The van der Waals surface area contributed by atoms with E-state index in [4.69, 9.17) is 39.5 Å². The summed E-state index contributed by atoms with van der Waals surface area (Å²) in [6.07, 6.45) is -1.23. The minimum Gasteiger partial charge on any atom is -0.474 e. The lowest BCUT2D eigenvalue weighted by molar-refractivity contribution is -0.434. The van der Waals surface area contributed by atoms with E-state index >= 15 is 0 Å². The van der Waals surface area contributed by atoms with Crippen molar-refractivity contribution < 1.29 is 9.66 Å². The summed E-state index contributed by atoms with van der Waals surface area (Å²) < 4.78 is 3.54. The number of alkyl halides is 3. The van der Waals surface area contributed by atoms with E-state index in [0.29, 0.717) is 16.9 Å². The topological polar surface area (TPSA) is 52.4 Å². The van der Waals surface area contributed by atoms with Gasteiger partial charge in [0.15, 0.2) is 0 Å². The SMILES string of the molecule is CC1=C([N+](=O)[O-])C(C(Cl)(Cl)Cl)Oc2ccccc21. The van der Waals surface area contributed by atoms with Crippen molar-refractivity contribution in [3.8, 4) is 5.75 Å². The van der Waals surface area contributed by atoms with E-state index in [9.17, 15) is 10.1 Å². The molecule has 18 heavy (non-hydrogen) atoms. The van der Waals surface area contributed by atoms with Crippen LogP contribution in [0, 0.1) is 10.1 Å². The van der Waals surface area contributed by atoms with Crippen LogP contribution in [0.4, 0.5) is 0 Å². The lowest BCUT2D eigenvalue weighted by Crippen LogP contribution is -2.39. The van der Waals surface area contributed by atoms with E-state index in [2.05, 4.69) is 0 Å². The number of para-hydroxylation sites is 1. The number of halogens is 3. The Morgan fingerprint density at radius 3 is 2.50 bits per heavy atom. The molecule has 0 aromatic heterocycles. The molecule has 0 saturated carbocycles. The van der Waals surface area contributed by atoms with Gasteiger partial charge >= 0.3 is 0 Å². The van der Waals surface area contributed by atoms with Gasteiger partial charge in [-0.25, -0.2) is 0 Å². The van der Waals surface area contributed by atoms with Crippen LogP contribution < -0.4 is 4.74 Å². The molecule has 0 saturated heterocycles. The summed E-state index contributed by atoms with van der Waals surface area (Å²) in [5.41, 5.74) is 0.849. The van der Waals surface area contributed by atoms with Crippen LogP contribution >= 0.6 is 34.8 Å². The Morgan fingerprint density at radius 1 is 1.33 bits per heavy atom. The first-order chi connectivity index (χ1) is 8.32. The van der Waals surface area contributed by atoms with Gasteiger partial charge in [-0.05, 0) is 13.0 Å². The Labute approximate surface area is 118 Å². The monoisotopic (exact) mass is 307 g/mol. The van der Waals surface area contributed by atoms with Crippen molar-refractivity contribution in [3.05, 3.63) is 45.6 Å². The van der Waals surface area contributed by atoms with Crippen LogP contribution in [0.1, 0.15) is 12.5 Å². The van der Waals surface area contributed by atoms with Crippen LogP contribution in [-0.4, -0.2) is 14.8 Å². The fraction of sp³-hybridized carbons (Fsp3) is 0.273. The van der Waals surface area contributed by atoms with Crippen molar-refractivity contribution in [1.82, 2.24) is 0 Å². The number of hydrogen-bond acceptors (Lipinski definition) is 3. The number of ether oxygens (including phenoxy) is 1. The summed E-state index contributed by atoms with van der Waals surface area (Å²) in [5.74, 6) is 0.469. The molecule has 0 N–H and O–H groups in total. The zero-order chi connectivity index (χ0) is 13.5. The summed E-state index contributed by atoms with van der Waals surface area (Å²) in [6, 6.07) is 6.92. The lowest BCUT2D eigenvalue weighted by Gasteiger charge is -2.28. The van der Waals surface area contributed by atoms with E-state index < -0.39 is 14.8 Å². The second kappa shape index (κ2) is 4.61. The third-order valence-electron chi connectivity index (χ3n) is 2.66. The van der Waals surface area contributed by atoms with Crippen LogP contribution in [-0.2, 0) is 0 Å². The smallest absolute Gasteiger partial charge is 0.294 e. The van der Waals surface area contributed by atoms with Gasteiger partial charge < -0.3 is 4.74 Å². The molecular formula is C11H8Cl3NO3. The predicted molar refractivity (Wildman–Crippen MR) is 70.7 cm³/mol. The largest absolute Gasteiger partial charge is 0.474 e. The van der Waals surface area contributed by atoms with E-state index in [-0.39, 0.29) is 5.70 Å². The molecule has 1 aromatic carbocycles. The lowest BCUT2D eigenvalue weighted by atomic mass is 9.99. The molecule has 1 unspecified atom stereocenters. The van der Waals surface area contributed by atoms with Gasteiger partial charge in [-0.2, -0.15) is 0 Å². The van der Waals surface area contributed by atoms with Crippen LogP contribution in [0.2, 0.25) is 0 Å². The van der Waals surface area contributed by atoms with Crippen LogP contribution in [0.3, 0.4) is 0 Å². The minimum absolute atomic E-state index is 0.228. The van der Waals surface area contributed by atoms with Gasteiger partial charge in [0, 0.05) is 11.1 Å².